The molecule has 0 atom stereocenters. The highest BCUT2D eigenvalue weighted by Gasteiger charge is 2.12. The van der Waals surface area contributed by atoms with Crippen LogP contribution < -0.4 is 10.1 Å². The zero-order chi connectivity index (χ0) is 13.5. The summed E-state index contributed by atoms with van der Waals surface area (Å²) in [5.74, 6) is 0.556. The average Bonchev–Trinajstić information content (AvgIpc) is 2.44. The Labute approximate surface area is 119 Å². The van der Waals surface area contributed by atoms with Gasteiger partial charge in [0.25, 0.3) is 0 Å². The summed E-state index contributed by atoms with van der Waals surface area (Å²) in [6.07, 6.45) is 6.76. The molecule has 0 aromatic heterocycles. The van der Waals surface area contributed by atoms with Crippen molar-refractivity contribution in [2.24, 2.45) is 5.92 Å². The second-order valence-electron chi connectivity index (χ2n) is 5.11. The van der Waals surface area contributed by atoms with Crippen LogP contribution >= 0.6 is 11.6 Å². The highest BCUT2D eigenvalue weighted by molar-refractivity contribution is 6.30. The van der Waals surface area contributed by atoms with E-state index in [0.29, 0.717) is 6.61 Å². The molecule has 0 aliphatic heterocycles. The topological polar surface area (TPSA) is 21.3 Å². The molecule has 4 heteroatoms. The molecule has 0 unspecified atom stereocenters. The van der Waals surface area contributed by atoms with E-state index in [0.717, 1.165) is 19.0 Å². The van der Waals surface area contributed by atoms with E-state index in [4.69, 9.17) is 16.3 Å². The van der Waals surface area contributed by atoms with E-state index >= 15 is 0 Å². The Balaban J connectivity index is 1.62. The van der Waals surface area contributed by atoms with Gasteiger partial charge < -0.3 is 10.1 Å². The van der Waals surface area contributed by atoms with Crippen molar-refractivity contribution in [3.8, 4) is 5.75 Å². The fourth-order valence-corrected chi connectivity index (χ4v) is 2.69. The van der Waals surface area contributed by atoms with Crippen molar-refractivity contribution in [3.63, 3.8) is 0 Å². The number of benzene rings is 1. The predicted molar refractivity (Wildman–Crippen MR) is 76.3 cm³/mol. The van der Waals surface area contributed by atoms with Crippen molar-refractivity contribution < 1.29 is 9.13 Å². The molecule has 1 aliphatic carbocycles. The lowest BCUT2D eigenvalue weighted by atomic mass is 9.89. The Morgan fingerprint density at radius 2 is 2.05 bits per heavy atom. The molecule has 0 spiro atoms. The summed E-state index contributed by atoms with van der Waals surface area (Å²) < 4.78 is 18.9. The van der Waals surface area contributed by atoms with Crippen LogP contribution in [0.1, 0.15) is 32.1 Å². The summed E-state index contributed by atoms with van der Waals surface area (Å²) >= 11 is 5.68. The van der Waals surface area contributed by atoms with Crippen LogP contribution in [0.2, 0.25) is 5.02 Å². The summed E-state index contributed by atoms with van der Waals surface area (Å²) in [6, 6.07) is 4.81. The Morgan fingerprint density at radius 1 is 1.26 bits per heavy atom. The molecule has 2 rings (SSSR count). The second kappa shape index (κ2) is 7.71. The lowest BCUT2D eigenvalue weighted by molar-refractivity contribution is 0.284. The number of hydrogen-bond donors (Lipinski definition) is 1. The van der Waals surface area contributed by atoms with Crippen LogP contribution in [0, 0.1) is 11.7 Å². The van der Waals surface area contributed by atoms with Gasteiger partial charge in [-0.25, -0.2) is 4.39 Å². The Hall–Kier alpha value is -0.800. The maximum absolute atomic E-state index is 13.5. The number of hydrogen-bond acceptors (Lipinski definition) is 2. The van der Waals surface area contributed by atoms with Gasteiger partial charge in [0, 0.05) is 6.54 Å². The van der Waals surface area contributed by atoms with Gasteiger partial charge in [-0.05, 0) is 37.4 Å². The van der Waals surface area contributed by atoms with Crippen LogP contribution in [0.5, 0.6) is 5.75 Å². The average molecular weight is 286 g/mol. The molecule has 0 saturated heterocycles. The molecular weight excluding hydrogens is 265 g/mol. The Bertz CT molecular complexity index is 394. The summed E-state index contributed by atoms with van der Waals surface area (Å²) in [5.41, 5.74) is 0. The second-order valence-corrected chi connectivity index (χ2v) is 5.52. The van der Waals surface area contributed by atoms with Crippen LogP contribution in [0.25, 0.3) is 0 Å². The van der Waals surface area contributed by atoms with Crippen molar-refractivity contribution in [3.05, 3.63) is 29.0 Å². The molecule has 0 heterocycles. The third-order valence-electron chi connectivity index (χ3n) is 3.61. The highest BCUT2D eigenvalue weighted by Crippen LogP contribution is 2.24. The molecule has 1 aromatic rings. The van der Waals surface area contributed by atoms with Crippen LogP contribution in [-0.4, -0.2) is 19.7 Å². The number of ether oxygens (including phenoxy) is 1. The molecule has 1 N–H and O–H groups in total. The standard InChI is InChI=1S/C15H21ClFNO/c16-13-7-4-8-14(15(13)17)19-10-9-18-11-12-5-2-1-3-6-12/h4,7-8,12,18H,1-3,5-6,9-11H2. The Morgan fingerprint density at radius 3 is 2.84 bits per heavy atom. The fourth-order valence-electron chi connectivity index (χ4n) is 2.53. The van der Waals surface area contributed by atoms with Gasteiger partial charge in [-0.2, -0.15) is 0 Å². The summed E-state index contributed by atoms with van der Waals surface area (Å²) in [7, 11) is 0. The van der Waals surface area contributed by atoms with Gasteiger partial charge in [-0.1, -0.05) is 36.9 Å². The zero-order valence-electron chi connectivity index (χ0n) is 11.1. The minimum absolute atomic E-state index is 0.104. The molecule has 2 nitrogen and oxygen atoms in total. The molecular formula is C15H21ClFNO. The first-order valence-electron chi connectivity index (χ1n) is 7.05. The quantitative estimate of drug-likeness (QED) is 0.797. The molecule has 1 aliphatic rings. The van der Waals surface area contributed by atoms with E-state index in [1.807, 2.05) is 0 Å². The van der Waals surface area contributed by atoms with E-state index in [2.05, 4.69) is 5.32 Å². The van der Waals surface area contributed by atoms with Crippen LogP contribution in [0.4, 0.5) is 4.39 Å². The van der Waals surface area contributed by atoms with Gasteiger partial charge in [-0.3, -0.25) is 0 Å². The van der Waals surface area contributed by atoms with Crippen LogP contribution in [0.3, 0.4) is 0 Å². The van der Waals surface area contributed by atoms with Gasteiger partial charge in [0.2, 0.25) is 0 Å². The monoisotopic (exact) mass is 285 g/mol. The van der Waals surface area contributed by atoms with Gasteiger partial charge in [-0.15, -0.1) is 0 Å². The van der Waals surface area contributed by atoms with E-state index in [-0.39, 0.29) is 10.8 Å². The number of halogens is 2. The third-order valence-corrected chi connectivity index (χ3v) is 3.90. The van der Waals surface area contributed by atoms with Crippen molar-refractivity contribution in [1.29, 1.82) is 0 Å². The van der Waals surface area contributed by atoms with Gasteiger partial charge in [0.05, 0.1) is 5.02 Å². The van der Waals surface area contributed by atoms with Gasteiger partial charge >= 0.3 is 0 Å². The summed E-state index contributed by atoms with van der Waals surface area (Å²) in [5, 5.41) is 3.48. The van der Waals surface area contributed by atoms with E-state index in [9.17, 15) is 4.39 Å². The third kappa shape index (κ3) is 4.66. The van der Waals surface area contributed by atoms with Crippen LogP contribution in [-0.2, 0) is 0 Å². The normalized spacial score (nSPS) is 16.5. The van der Waals surface area contributed by atoms with E-state index in [1.165, 1.54) is 38.2 Å². The number of nitrogens with one attached hydrogen (secondary N) is 1. The fraction of sp³-hybridized carbons (Fsp3) is 0.600. The molecule has 106 valence electrons. The van der Waals surface area contributed by atoms with E-state index < -0.39 is 5.82 Å². The number of rotatable bonds is 6. The first-order chi connectivity index (χ1) is 9.27. The first kappa shape index (κ1) is 14.6. The Kier molecular flexibility index (Phi) is 5.93. The van der Waals surface area contributed by atoms with Crippen molar-refractivity contribution >= 4 is 11.6 Å². The molecule has 1 saturated carbocycles. The SMILES string of the molecule is Fc1c(Cl)cccc1OCCNCC1CCCCC1. The van der Waals surface area contributed by atoms with E-state index in [1.54, 1.807) is 12.1 Å². The molecule has 0 radical (unpaired) electrons. The van der Waals surface area contributed by atoms with Crippen molar-refractivity contribution in [2.45, 2.75) is 32.1 Å². The molecule has 19 heavy (non-hydrogen) atoms. The minimum Gasteiger partial charge on any atom is -0.489 e. The lowest BCUT2D eigenvalue weighted by Gasteiger charge is -2.21. The summed E-state index contributed by atoms with van der Waals surface area (Å²) in [4.78, 5) is 0. The predicted octanol–water partition coefficient (Wildman–Crippen LogP) is 4.03. The largest absolute Gasteiger partial charge is 0.489 e. The minimum atomic E-state index is -0.476. The maximum atomic E-state index is 13.5. The van der Waals surface area contributed by atoms with Gasteiger partial charge in [0.15, 0.2) is 11.6 Å². The first-order valence-corrected chi connectivity index (χ1v) is 7.42. The molecule has 0 bridgehead atoms. The van der Waals surface area contributed by atoms with Crippen molar-refractivity contribution in [2.75, 3.05) is 19.7 Å². The maximum Gasteiger partial charge on any atom is 0.183 e. The summed E-state index contributed by atoms with van der Waals surface area (Å²) in [6.45, 7) is 2.24. The van der Waals surface area contributed by atoms with Crippen molar-refractivity contribution in [1.82, 2.24) is 5.32 Å². The molecule has 1 fully saturated rings. The zero-order valence-corrected chi connectivity index (χ0v) is 11.9. The van der Waals surface area contributed by atoms with Crippen LogP contribution in [0.15, 0.2) is 18.2 Å². The smallest absolute Gasteiger partial charge is 0.183 e. The van der Waals surface area contributed by atoms with Gasteiger partial charge in [0.1, 0.15) is 6.61 Å². The highest BCUT2D eigenvalue weighted by atomic mass is 35.5. The lowest BCUT2D eigenvalue weighted by Crippen LogP contribution is -2.28. The molecule has 0 amide bonds. The molecule has 1 aromatic carbocycles.